The van der Waals surface area contributed by atoms with E-state index in [-0.39, 0.29) is 11.3 Å². The van der Waals surface area contributed by atoms with Crippen molar-refractivity contribution in [2.75, 3.05) is 5.88 Å². The van der Waals surface area contributed by atoms with E-state index < -0.39 is 17.6 Å². The molecule has 0 bridgehead atoms. The van der Waals surface area contributed by atoms with Crippen LogP contribution in [0.2, 0.25) is 0 Å². The van der Waals surface area contributed by atoms with Crippen molar-refractivity contribution in [3.05, 3.63) is 41.7 Å². The van der Waals surface area contributed by atoms with Crippen LogP contribution in [-0.2, 0) is 12.6 Å². The van der Waals surface area contributed by atoms with Gasteiger partial charge in [-0.15, -0.1) is 11.6 Å². The summed E-state index contributed by atoms with van der Waals surface area (Å²) in [7, 11) is 0. The summed E-state index contributed by atoms with van der Waals surface area (Å²) in [5.74, 6) is -0.661. The van der Waals surface area contributed by atoms with Gasteiger partial charge in [0.2, 0.25) is 0 Å². The van der Waals surface area contributed by atoms with Crippen molar-refractivity contribution < 1.29 is 22.0 Å². The minimum Gasteiger partial charge on any atom is -0.441 e. The summed E-state index contributed by atoms with van der Waals surface area (Å²) in [5.41, 5.74) is -1.59. The van der Waals surface area contributed by atoms with Gasteiger partial charge in [0.05, 0.1) is 17.3 Å². The Morgan fingerprint density at radius 3 is 2.65 bits per heavy atom. The van der Waals surface area contributed by atoms with Crippen molar-refractivity contribution in [1.29, 1.82) is 0 Å². The molecule has 0 radical (unpaired) electrons. The first kappa shape index (κ1) is 14.8. The molecule has 2 nitrogen and oxygen atoms in total. The van der Waals surface area contributed by atoms with E-state index >= 15 is 0 Å². The normalized spacial score (nSPS) is 11.8. The Labute approximate surface area is 117 Å². The largest absolute Gasteiger partial charge is 0.441 e. The lowest BCUT2D eigenvalue weighted by Gasteiger charge is -2.09. The molecule has 1 heterocycles. The van der Waals surface area contributed by atoms with E-state index in [2.05, 4.69) is 4.98 Å². The molecule has 0 atom stereocenters. The van der Waals surface area contributed by atoms with E-state index in [0.717, 1.165) is 6.07 Å². The highest BCUT2D eigenvalue weighted by molar-refractivity contribution is 6.17. The Kier molecular flexibility index (Phi) is 4.32. The van der Waals surface area contributed by atoms with Crippen LogP contribution in [0.1, 0.15) is 17.9 Å². The van der Waals surface area contributed by atoms with Gasteiger partial charge < -0.3 is 4.42 Å². The molecule has 20 heavy (non-hydrogen) atoms. The number of benzene rings is 1. The minimum atomic E-state index is -4.75. The average molecular weight is 308 g/mol. The van der Waals surface area contributed by atoms with Gasteiger partial charge in [-0.1, -0.05) is 6.07 Å². The Morgan fingerprint density at radius 1 is 1.25 bits per heavy atom. The zero-order chi connectivity index (χ0) is 14.8. The maximum atomic E-state index is 13.9. The van der Waals surface area contributed by atoms with E-state index in [1.54, 1.807) is 0 Å². The Morgan fingerprint density at radius 2 is 2.00 bits per heavy atom. The number of hydrogen-bond acceptors (Lipinski definition) is 2. The lowest BCUT2D eigenvalue weighted by atomic mass is 10.1. The van der Waals surface area contributed by atoms with Crippen molar-refractivity contribution >= 4 is 11.6 Å². The van der Waals surface area contributed by atoms with Crippen molar-refractivity contribution in [2.45, 2.75) is 19.0 Å². The maximum Gasteiger partial charge on any atom is 0.419 e. The van der Waals surface area contributed by atoms with Gasteiger partial charge in [0, 0.05) is 12.3 Å². The molecule has 0 unspecified atom stereocenters. The first-order valence-corrected chi connectivity index (χ1v) is 6.33. The second kappa shape index (κ2) is 5.83. The van der Waals surface area contributed by atoms with Crippen molar-refractivity contribution in [1.82, 2.24) is 4.98 Å². The Hall–Kier alpha value is -1.56. The van der Waals surface area contributed by atoms with Crippen LogP contribution >= 0.6 is 11.6 Å². The van der Waals surface area contributed by atoms with Gasteiger partial charge in [-0.3, -0.25) is 0 Å². The fraction of sp³-hybridized carbons (Fsp3) is 0.308. The van der Waals surface area contributed by atoms with Gasteiger partial charge in [-0.05, 0) is 18.6 Å². The molecule has 0 N–H and O–H groups in total. The SMILES string of the molecule is Fc1c(-c2cnc(CCCCl)o2)cccc1C(F)(F)F. The van der Waals surface area contributed by atoms with Gasteiger partial charge in [0.1, 0.15) is 5.82 Å². The molecule has 0 saturated heterocycles. The summed E-state index contributed by atoms with van der Waals surface area (Å²) in [5, 5.41) is 0. The predicted octanol–water partition coefficient (Wildman–Crippen LogP) is 4.67. The highest BCUT2D eigenvalue weighted by Gasteiger charge is 2.35. The van der Waals surface area contributed by atoms with Gasteiger partial charge in [-0.25, -0.2) is 9.37 Å². The lowest BCUT2D eigenvalue weighted by molar-refractivity contribution is -0.139. The van der Waals surface area contributed by atoms with Crippen LogP contribution in [0.4, 0.5) is 17.6 Å². The molecule has 0 fully saturated rings. The zero-order valence-corrected chi connectivity index (χ0v) is 10.9. The quantitative estimate of drug-likeness (QED) is 0.606. The van der Waals surface area contributed by atoms with Crippen LogP contribution in [-0.4, -0.2) is 10.9 Å². The van der Waals surface area contributed by atoms with Gasteiger partial charge in [-0.2, -0.15) is 13.2 Å². The fourth-order valence-electron chi connectivity index (χ4n) is 1.71. The summed E-state index contributed by atoms with van der Waals surface area (Å²) in [4.78, 5) is 3.89. The topological polar surface area (TPSA) is 26.0 Å². The molecule has 0 aliphatic rings. The molecule has 0 amide bonds. The first-order chi connectivity index (χ1) is 9.43. The average Bonchev–Trinajstić information content (AvgIpc) is 2.83. The molecule has 0 aliphatic heterocycles. The zero-order valence-electron chi connectivity index (χ0n) is 10.2. The van der Waals surface area contributed by atoms with Gasteiger partial charge in [0.15, 0.2) is 11.7 Å². The summed E-state index contributed by atoms with van der Waals surface area (Å²) < 4.78 is 57.0. The number of aryl methyl sites for hydroxylation is 1. The number of hydrogen-bond donors (Lipinski definition) is 0. The predicted molar refractivity (Wildman–Crippen MR) is 65.9 cm³/mol. The smallest absolute Gasteiger partial charge is 0.419 e. The molecule has 7 heteroatoms. The summed E-state index contributed by atoms with van der Waals surface area (Å²) in [6.45, 7) is 0. The number of aromatic nitrogens is 1. The number of nitrogens with zero attached hydrogens (tertiary/aromatic N) is 1. The maximum absolute atomic E-state index is 13.9. The van der Waals surface area contributed by atoms with Crippen LogP contribution in [0.25, 0.3) is 11.3 Å². The third-order valence-electron chi connectivity index (χ3n) is 2.65. The number of alkyl halides is 4. The molecule has 0 aliphatic carbocycles. The number of oxazole rings is 1. The summed E-state index contributed by atoms with van der Waals surface area (Å²) in [6.07, 6.45) is -2.47. The van der Waals surface area contributed by atoms with E-state index in [1.807, 2.05) is 0 Å². The molecule has 108 valence electrons. The second-order valence-corrected chi connectivity index (χ2v) is 4.45. The van der Waals surface area contributed by atoms with Crippen LogP contribution in [0, 0.1) is 5.82 Å². The summed E-state index contributed by atoms with van der Waals surface area (Å²) >= 11 is 5.52. The standard InChI is InChI=1S/C13H10ClF4NO/c14-6-2-5-11-19-7-10(20-11)8-3-1-4-9(12(8)15)13(16,17)18/h1,3-4,7H,2,5-6H2. The fourth-order valence-corrected chi connectivity index (χ4v) is 1.84. The minimum absolute atomic E-state index is 0.0295. The molecule has 2 rings (SSSR count). The van der Waals surface area contributed by atoms with E-state index in [9.17, 15) is 17.6 Å². The monoisotopic (exact) mass is 307 g/mol. The highest BCUT2D eigenvalue weighted by Crippen LogP contribution is 2.35. The Bertz CT molecular complexity index is 594. The van der Waals surface area contributed by atoms with Gasteiger partial charge >= 0.3 is 6.18 Å². The van der Waals surface area contributed by atoms with Crippen molar-refractivity contribution in [3.8, 4) is 11.3 Å². The molecule has 0 spiro atoms. The molecular formula is C13H10ClF4NO. The van der Waals surface area contributed by atoms with Crippen LogP contribution < -0.4 is 0 Å². The Balaban J connectivity index is 2.36. The first-order valence-electron chi connectivity index (χ1n) is 5.80. The van der Waals surface area contributed by atoms with Crippen LogP contribution in [0.15, 0.2) is 28.8 Å². The summed E-state index contributed by atoms with van der Waals surface area (Å²) in [6, 6.07) is 3.03. The van der Waals surface area contributed by atoms with Crippen LogP contribution in [0.3, 0.4) is 0 Å². The molecular weight excluding hydrogens is 298 g/mol. The molecule has 0 saturated carbocycles. The second-order valence-electron chi connectivity index (χ2n) is 4.08. The number of rotatable bonds is 4. The van der Waals surface area contributed by atoms with E-state index in [1.165, 1.54) is 12.3 Å². The third-order valence-corrected chi connectivity index (χ3v) is 2.91. The molecule has 1 aromatic carbocycles. The number of halogens is 5. The van der Waals surface area contributed by atoms with E-state index in [0.29, 0.717) is 30.7 Å². The van der Waals surface area contributed by atoms with Crippen molar-refractivity contribution in [3.63, 3.8) is 0 Å². The van der Waals surface area contributed by atoms with E-state index in [4.69, 9.17) is 16.0 Å². The molecule has 1 aromatic heterocycles. The highest BCUT2D eigenvalue weighted by atomic mass is 35.5. The van der Waals surface area contributed by atoms with Gasteiger partial charge in [0.25, 0.3) is 0 Å². The lowest BCUT2D eigenvalue weighted by Crippen LogP contribution is -2.08. The van der Waals surface area contributed by atoms with Crippen molar-refractivity contribution in [2.24, 2.45) is 0 Å². The van der Waals surface area contributed by atoms with Crippen LogP contribution in [0.5, 0.6) is 0 Å². The molecule has 2 aromatic rings. The third kappa shape index (κ3) is 3.12.